The number of benzene rings is 1. The van der Waals surface area contributed by atoms with Crippen molar-refractivity contribution in [3.63, 3.8) is 0 Å². The highest BCUT2D eigenvalue weighted by Crippen LogP contribution is 2.27. The Balaban J connectivity index is 2.82. The Morgan fingerprint density at radius 1 is 1.47 bits per heavy atom. The molecule has 4 N–H and O–H groups in total. The van der Waals surface area contributed by atoms with Gasteiger partial charge in [0.15, 0.2) is 11.5 Å². The van der Waals surface area contributed by atoms with Crippen molar-refractivity contribution in [2.45, 2.75) is 6.10 Å². The number of rotatable bonds is 6. The van der Waals surface area contributed by atoms with E-state index in [0.29, 0.717) is 17.1 Å². The summed E-state index contributed by atoms with van der Waals surface area (Å²) in [4.78, 5) is 10.9. The maximum Gasteiger partial charge on any atom is 0.248 e. The summed E-state index contributed by atoms with van der Waals surface area (Å²) in [5.74, 6) is 0.140. The second kappa shape index (κ2) is 6.07. The van der Waals surface area contributed by atoms with Gasteiger partial charge in [-0.2, -0.15) is 0 Å². The van der Waals surface area contributed by atoms with Gasteiger partial charge in [-0.1, -0.05) is 0 Å². The average molecular weight is 241 g/mol. The lowest BCUT2D eigenvalue weighted by molar-refractivity contribution is 0.0527. The second-order valence-electron chi connectivity index (χ2n) is 3.38. The van der Waals surface area contributed by atoms with Crippen LogP contribution in [0.4, 0.5) is 0 Å². The van der Waals surface area contributed by atoms with E-state index in [2.05, 4.69) is 0 Å². The van der Waals surface area contributed by atoms with Crippen molar-refractivity contribution in [1.29, 1.82) is 0 Å². The van der Waals surface area contributed by atoms with Crippen LogP contribution in [0.1, 0.15) is 10.4 Å². The fraction of sp³-hybridized carbons (Fsp3) is 0.364. The summed E-state index contributed by atoms with van der Waals surface area (Å²) in [6.07, 6.45) is -0.962. The summed E-state index contributed by atoms with van der Waals surface area (Å²) in [7, 11) is 1.43. The largest absolute Gasteiger partial charge is 0.493 e. The van der Waals surface area contributed by atoms with Crippen LogP contribution >= 0.6 is 0 Å². The second-order valence-corrected chi connectivity index (χ2v) is 3.38. The van der Waals surface area contributed by atoms with Gasteiger partial charge >= 0.3 is 0 Å². The first-order valence-corrected chi connectivity index (χ1v) is 4.98. The van der Waals surface area contributed by atoms with Crippen molar-refractivity contribution in [1.82, 2.24) is 0 Å². The minimum Gasteiger partial charge on any atom is -0.493 e. The van der Waals surface area contributed by atoms with Crippen LogP contribution in [-0.2, 0) is 0 Å². The van der Waals surface area contributed by atoms with Crippen LogP contribution in [0.5, 0.6) is 11.5 Å². The zero-order valence-electron chi connectivity index (χ0n) is 9.42. The van der Waals surface area contributed by atoms with E-state index in [1.807, 2.05) is 0 Å². The molecule has 0 bridgehead atoms. The van der Waals surface area contributed by atoms with Crippen molar-refractivity contribution < 1.29 is 24.5 Å². The molecule has 0 saturated heterocycles. The third-order valence-corrected chi connectivity index (χ3v) is 2.09. The van der Waals surface area contributed by atoms with Crippen molar-refractivity contribution in [2.24, 2.45) is 5.73 Å². The Kier molecular flexibility index (Phi) is 4.74. The first-order valence-electron chi connectivity index (χ1n) is 4.98. The molecule has 94 valence electrons. The van der Waals surface area contributed by atoms with E-state index in [1.54, 1.807) is 0 Å². The van der Waals surface area contributed by atoms with E-state index >= 15 is 0 Å². The number of nitrogens with two attached hydrogens (primary N) is 1. The van der Waals surface area contributed by atoms with Gasteiger partial charge < -0.3 is 25.4 Å². The monoisotopic (exact) mass is 241 g/mol. The van der Waals surface area contributed by atoms with E-state index in [4.69, 9.17) is 25.4 Å². The number of carbonyl (C=O) groups is 1. The predicted molar refractivity (Wildman–Crippen MR) is 60.1 cm³/mol. The molecule has 0 radical (unpaired) electrons. The maximum atomic E-state index is 10.9. The summed E-state index contributed by atoms with van der Waals surface area (Å²) in [6, 6.07) is 4.46. The Bertz CT molecular complexity index is 393. The van der Waals surface area contributed by atoms with Crippen LogP contribution in [-0.4, -0.2) is 42.5 Å². The number of primary amides is 1. The van der Waals surface area contributed by atoms with Crippen LogP contribution in [0.3, 0.4) is 0 Å². The van der Waals surface area contributed by atoms with Gasteiger partial charge in [0, 0.05) is 5.56 Å². The minimum absolute atomic E-state index is 0.0667. The summed E-state index contributed by atoms with van der Waals surface area (Å²) in [5.41, 5.74) is 5.43. The molecule has 1 atom stereocenters. The SMILES string of the molecule is COc1cc(C(N)=O)ccc1OCC(O)CO. The maximum absolute atomic E-state index is 10.9. The molecule has 1 amide bonds. The molecule has 1 aromatic carbocycles. The number of aliphatic hydroxyl groups is 2. The van der Waals surface area contributed by atoms with Crippen LogP contribution in [0, 0.1) is 0 Å². The van der Waals surface area contributed by atoms with Gasteiger partial charge in [0.05, 0.1) is 13.7 Å². The molecule has 0 heterocycles. The van der Waals surface area contributed by atoms with Crippen molar-refractivity contribution in [3.05, 3.63) is 23.8 Å². The molecule has 0 aliphatic rings. The molecule has 17 heavy (non-hydrogen) atoms. The first-order chi connectivity index (χ1) is 8.08. The molecule has 6 nitrogen and oxygen atoms in total. The highest BCUT2D eigenvalue weighted by Gasteiger charge is 2.10. The number of hydrogen-bond acceptors (Lipinski definition) is 5. The Morgan fingerprint density at radius 3 is 2.71 bits per heavy atom. The van der Waals surface area contributed by atoms with Gasteiger partial charge in [-0.05, 0) is 18.2 Å². The lowest BCUT2D eigenvalue weighted by Crippen LogP contribution is -2.21. The number of carbonyl (C=O) groups excluding carboxylic acids is 1. The molecule has 0 aliphatic carbocycles. The van der Waals surface area contributed by atoms with E-state index in [-0.39, 0.29) is 13.2 Å². The number of ether oxygens (including phenoxy) is 2. The average Bonchev–Trinajstić information content (AvgIpc) is 2.35. The first kappa shape index (κ1) is 13.3. The summed E-state index contributed by atoms with van der Waals surface area (Å²) < 4.78 is 10.3. The highest BCUT2D eigenvalue weighted by molar-refractivity contribution is 5.93. The fourth-order valence-corrected chi connectivity index (χ4v) is 1.18. The third-order valence-electron chi connectivity index (χ3n) is 2.09. The van der Waals surface area contributed by atoms with Gasteiger partial charge in [0.1, 0.15) is 12.7 Å². The number of methoxy groups -OCH3 is 1. The predicted octanol–water partition coefficient (Wildman–Crippen LogP) is -0.474. The molecular formula is C11H15NO5. The number of amides is 1. The van der Waals surface area contributed by atoms with Crippen molar-refractivity contribution in [3.8, 4) is 11.5 Å². The van der Waals surface area contributed by atoms with Gasteiger partial charge in [-0.3, -0.25) is 4.79 Å². The zero-order chi connectivity index (χ0) is 12.8. The summed E-state index contributed by atoms with van der Waals surface area (Å²) in [5, 5.41) is 17.8. The van der Waals surface area contributed by atoms with E-state index in [9.17, 15) is 4.79 Å². The highest BCUT2D eigenvalue weighted by atomic mass is 16.5. The lowest BCUT2D eigenvalue weighted by Gasteiger charge is -2.13. The standard InChI is InChI=1S/C11H15NO5/c1-16-10-4-7(11(12)15)2-3-9(10)17-6-8(14)5-13/h2-4,8,13-14H,5-6H2,1H3,(H2,12,15). The van der Waals surface area contributed by atoms with Gasteiger partial charge in [-0.15, -0.1) is 0 Å². The molecule has 1 aromatic rings. The van der Waals surface area contributed by atoms with Crippen molar-refractivity contribution in [2.75, 3.05) is 20.3 Å². The van der Waals surface area contributed by atoms with E-state index in [0.717, 1.165) is 0 Å². The van der Waals surface area contributed by atoms with Gasteiger partial charge in [-0.25, -0.2) is 0 Å². The molecule has 0 saturated carbocycles. The van der Waals surface area contributed by atoms with Gasteiger partial charge in [0.2, 0.25) is 5.91 Å². The van der Waals surface area contributed by atoms with Gasteiger partial charge in [0.25, 0.3) is 0 Å². The lowest BCUT2D eigenvalue weighted by atomic mass is 10.2. The van der Waals surface area contributed by atoms with Crippen LogP contribution < -0.4 is 15.2 Å². The number of hydrogen-bond donors (Lipinski definition) is 3. The zero-order valence-corrected chi connectivity index (χ0v) is 9.42. The third kappa shape index (κ3) is 3.61. The Hall–Kier alpha value is -1.79. The normalized spacial score (nSPS) is 11.9. The van der Waals surface area contributed by atoms with E-state index < -0.39 is 12.0 Å². The molecule has 0 fully saturated rings. The topological polar surface area (TPSA) is 102 Å². The fourth-order valence-electron chi connectivity index (χ4n) is 1.18. The minimum atomic E-state index is -0.962. The molecule has 0 aromatic heterocycles. The molecular weight excluding hydrogens is 226 g/mol. The summed E-state index contributed by atoms with van der Waals surface area (Å²) in [6.45, 7) is -0.454. The molecule has 0 spiro atoms. The van der Waals surface area contributed by atoms with Crippen LogP contribution in [0.15, 0.2) is 18.2 Å². The number of aliphatic hydroxyl groups excluding tert-OH is 2. The summed E-state index contributed by atoms with van der Waals surface area (Å²) >= 11 is 0. The molecule has 1 unspecified atom stereocenters. The smallest absolute Gasteiger partial charge is 0.248 e. The van der Waals surface area contributed by atoms with Crippen LogP contribution in [0.2, 0.25) is 0 Å². The van der Waals surface area contributed by atoms with Crippen LogP contribution in [0.25, 0.3) is 0 Å². The molecule has 0 aliphatic heterocycles. The van der Waals surface area contributed by atoms with Crippen molar-refractivity contribution >= 4 is 5.91 Å². The quantitative estimate of drug-likeness (QED) is 0.624. The van der Waals surface area contributed by atoms with E-state index in [1.165, 1.54) is 25.3 Å². The molecule has 1 rings (SSSR count). The Labute approximate surface area is 98.6 Å². The molecule has 6 heteroatoms. The Morgan fingerprint density at radius 2 is 2.18 bits per heavy atom.